The first-order valence-corrected chi connectivity index (χ1v) is 17.2. The number of carbonyl (C=O) groups excluding carboxylic acids is 1. The number of thiophene rings is 1. The van der Waals surface area contributed by atoms with Crippen molar-refractivity contribution in [1.82, 2.24) is 19.6 Å². The predicted octanol–water partition coefficient (Wildman–Crippen LogP) is 6.42. The maximum atomic E-state index is 13.7. The lowest BCUT2D eigenvalue weighted by Gasteiger charge is -2.40. The highest BCUT2D eigenvalue weighted by molar-refractivity contribution is 7.90. The Kier molecular flexibility index (Phi) is 8.05. The lowest BCUT2D eigenvalue weighted by molar-refractivity contribution is 0.0518. The van der Waals surface area contributed by atoms with Crippen LogP contribution in [0.4, 0.5) is 0 Å². The summed E-state index contributed by atoms with van der Waals surface area (Å²) in [6, 6.07) is 20.9. The molecule has 2 aliphatic rings. The molecule has 2 aromatic carbocycles. The normalized spacial score (nSPS) is 17.2. The Morgan fingerprint density at radius 2 is 1.63 bits per heavy atom. The first-order chi connectivity index (χ1) is 19.8. The molecule has 6 rings (SSSR count). The number of hydrogen-bond donors (Lipinski definition) is 0. The predicted molar refractivity (Wildman–Crippen MR) is 165 cm³/mol. The van der Waals surface area contributed by atoms with Crippen LogP contribution in [0.3, 0.4) is 0 Å². The summed E-state index contributed by atoms with van der Waals surface area (Å²) in [5.41, 5.74) is 2.66. The molecule has 10 heteroatoms. The smallest absolute Gasteiger partial charge is 0.274 e. The summed E-state index contributed by atoms with van der Waals surface area (Å²) in [5, 5.41) is 5.32. The molecule has 3 heterocycles. The molecule has 0 unspecified atom stereocenters. The van der Waals surface area contributed by atoms with Gasteiger partial charge < -0.3 is 4.90 Å². The molecule has 1 saturated heterocycles. The fourth-order valence-corrected chi connectivity index (χ4v) is 7.76. The van der Waals surface area contributed by atoms with Gasteiger partial charge in [0.2, 0.25) is 0 Å². The van der Waals surface area contributed by atoms with Gasteiger partial charge in [0, 0.05) is 43.4 Å². The largest absolute Gasteiger partial charge is 0.335 e. The van der Waals surface area contributed by atoms with Crippen molar-refractivity contribution in [1.29, 1.82) is 0 Å². The summed E-state index contributed by atoms with van der Waals surface area (Å²) in [4.78, 5) is 20.3. The van der Waals surface area contributed by atoms with Crippen LogP contribution < -0.4 is 0 Å². The second-order valence-corrected chi connectivity index (χ2v) is 14.4. The van der Waals surface area contributed by atoms with Gasteiger partial charge >= 0.3 is 0 Å². The maximum Gasteiger partial charge on any atom is 0.274 e. The molecule has 7 nitrogen and oxygen atoms in total. The number of carbonyl (C=O) groups is 1. The minimum atomic E-state index is -3.32. The highest BCUT2D eigenvalue weighted by Gasteiger charge is 2.29. The summed E-state index contributed by atoms with van der Waals surface area (Å²) in [7, 11) is -3.32. The fraction of sp³-hybridized carbons (Fsp3) is 0.355. The SMILES string of the molecule is CS(=O)(=O)c1cccc(-c2ccc(-c3cc(C(=O)N4CCN(C5CCCCC5)CC4)nn3-c3ccccc3Cl)s2)c1. The molecule has 4 aromatic rings. The lowest BCUT2D eigenvalue weighted by Crippen LogP contribution is -2.52. The van der Waals surface area contributed by atoms with E-state index in [1.54, 1.807) is 22.9 Å². The van der Waals surface area contributed by atoms with Gasteiger partial charge in [-0.15, -0.1) is 11.3 Å². The number of amides is 1. The van der Waals surface area contributed by atoms with Crippen molar-refractivity contribution < 1.29 is 13.2 Å². The standard InChI is InChI=1S/C31H33ClN4O3S2/c1-41(38,39)24-11-7-8-22(20-24)29-14-15-30(40-29)28-21-26(33-36(28)27-13-6-5-12-25(27)32)31(37)35-18-16-34(17-19-35)23-9-3-2-4-10-23/h5-8,11-15,20-21,23H,2-4,9-10,16-19H2,1H3. The number of aromatic nitrogens is 2. The molecule has 1 amide bonds. The van der Waals surface area contributed by atoms with Crippen LogP contribution in [0, 0.1) is 0 Å². The summed E-state index contributed by atoms with van der Waals surface area (Å²) in [6.07, 6.45) is 7.69. The van der Waals surface area contributed by atoms with Gasteiger partial charge in [-0.1, -0.05) is 55.1 Å². The van der Waals surface area contributed by atoms with E-state index < -0.39 is 9.84 Å². The van der Waals surface area contributed by atoms with E-state index in [0.29, 0.717) is 35.5 Å². The van der Waals surface area contributed by atoms with Crippen molar-refractivity contribution in [3.8, 4) is 26.7 Å². The zero-order chi connectivity index (χ0) is 28.6. The molecule has 2 fully saturated rings. The van der Waals surface area contributed by atoms with Crippen LogP contribution in [0.25, 0.3) is 26.7 Å². The van der Waals surface area contributed by atoms with Crippen LogP contribution in [-0.2, 0) is 9.84 Å². The second-order valence-electron chi connectivity index (χ2n) is 10.9. The van der Waals surface area contributed by atoms with E-state index in [1.165, 1.54) is 49.7 Å². The number of para-hydroxylation sites is 1. The van der Waals surface area contributed by atoms with Crippen LogP contribution in [0.5, 0.6) is 0 Å². The highest BCUT2D eigenvalue weighted by atomic mass is 35.5. The first kappa shape index (κ1) is 28.2. The molecule has 0 radical (unpaired) electrons. The number of rotatable bonds is 6. The van der Waals surface area contributed by atoms with Gasteiger partial charge in [-0.25, -0.2) is 13.1 Å². The van der Waals surface area contributed by atoms with Gasteiger partial charge in [0.05, 0.1) is 26.2 Å². The molecule has 1 aliphatic carbocycles. The number of hydrogen-bond acceptors (Lipinski definition) is 6. The van der Waals surface area contributed by atoms with Crippen molar-refractivity contribution in [3.63, 3.8) is 0 Å². The van der Waals surface area contributed by atoms with Crippen molar-refractivity contribution in [2.45, 2.75) is 43.0 Å². The third-order valence-corrected chi connectivity index (χ3v) is 10.7. The van der Waals surface area contributed by atoms with Gasteiger partial charge in [-0.05, 0) is 60.9 Å². The summed E-state index contributed by atoms with van der Waals surface area (Å²) in [5.74, 6) is -0.0713. The van der Waals surface area contributed by atoms with Crippen LogP contribution in [0.1, 0.15) is 42.6 Å². The van der Waals surface area contributed by atoms with Crippen LogP contribution >= 0.6 is 22.9 Å². The lowest BCUT2D eigenvalue weighted by atomic mass is 9.94. The Labute approximate surface area is 250 Å². The minimum absolute atomic E-state index is 0.0713. The van der Waals surface area contributed by atoms with E-state index in [1.807, 2.05) is 53.4 Å². The third-order valence-electron chi connectivity index (χ3n) is 8.11. The van der Waals surface area contributed by atoms with E-state index in [9.17, 15) is 13.2 Å². The summed E-state index contributed by atoms with van der Waals surface area (Å²) in [6.45, 7) is 3.19. The Morgan fingerprint density at radius 1 is 0.902 bits per heavy atom. The summed E-state index contributed by atoms with van der Waals surface area (Å²) >= 11 is 8.11. The Morgan fingerprint density at radius 3 is 2.37 bits per heavy atom. The Balaban J connectivity index is 1.30. The molecule has 0 spiro atoms. The molecule has 0 atom stereocenters. The molecule has 1 saturated carbocycles. The van der Waals surface area contributed by atoms with E-state index >= 15 is 0 Å². The number of nitrogens with zero attached hydrogens (tertiary/aromatic N) is 4. The van der Waals surface area contributed by atoms with Gasteiger partial charge in [-0.3, -0.25) is 9.69 Å². The van der Waals surface area contributed by atoms with E-state index in [0.717, 1.165) is 34.1 Å². The number of benzene rings is 2. The monoisotopic (exact) mass is 608 g/mol. The molecule has 41 heavy (non-hydrogen) atoms. The molecular formula is C31H33ClN4O3S2. The number of halogens is 1. The van der Waals surface area contributed by atoms with Crippen LogP contribution in [0.15, 0.2) is 71.6 Å². The first-order valence-electron chi connectivity index (χ1n) is 14.1. The topological polar surface area (TPSA) is 75.5 Å². The zero-order valence-electron chi connectivity index (χ0n) is 23.0. The maximum absolute atomic E-state index is 13.7. The van der Waals surface area contributed by atoms with E-state index in [2.05, 4.69) is 4.90 Å². The minimum Gasteiger partial charge on any atom is -0.335 e. The number of sulfone groups is 1. The average Bonchev–Trinajstić information content (AvgIpc) is 3.65. The number of piperazine rings is 1. The summed E-state index contributed by atoms with van der Waals surface area (Å²) < 4.78 is 26.0. The average molecular weight is 609 g/mol. The second kappa shape index (κ2) is 11.7. The molecule has 214 valence electrons. The van der Waals surface area contributed by atoms with Gasteiger partial charge in [0.25, 0.3) is 5.91 Å². The van der Waals surface area contributed by atoms with E-state index in [-0.39, 0.29) is 10.8 Å². The van der Waals surface area contributed by atoms with Crippen molar-refractivity contribution >= 4 is 38.7 Å². The quantitative estimate of drug-likeness (QED) is 0.253. The molecule has 0 N–H and O–H groups in total. The molecule has 0 bridgehead atoms. The third kappa shape index (κ3) is 6.00. The molecular weight excluding hydrogens is 576 g/mol. The zero-order valence-corrected chi connectivity index (χ0v) is 25.4. The van der Waals surface area contributed by atoms with Gasteiger partial charge in [0.1, 0.15) is 0 Å². The van der Waals surface area contributed by atoms with E-state index in [4.69, 9.17) is 16.7 Å². The fourth-order valence-electron chi connectivity index (χ4n) is 5.88. The Bertz CT molecular complexity index is 1670. The van der Waals surface area contributed by atoms with Gasteiger partial charge in [-0.2, -0.15) is 5.10 Å². The van der Waals surface area contributed by atoms with Crippen molar-refractivity contribution in [2.24, 2.45) is 0 Å². The molecule has 1 aliphatic heterocycles. The van der Waals surface area contributed by atoms with Crippen molar-refractivity contribution in [2.75, 3.05) is 32.4 Å². The van der Waals surface area contributed by atoms with Crippen LogP contribution in [0.2, 0.25) is 5.02 Å². The van der Waals surface area contributed by atoms with Crippen molar-refractivity contribution in [3.05, 3.63) is 77.4 Å². The highest BCUT2D eigenvalue weighted by Crippen LogP contribution is 2.37. The Hall–Kier alpha value is -2.98. The van der Waals surface area contributed by atoms with Gasteiger partial charge in [0.15, 0.2) is 15.5 Å². The van der Waals surface area contributed by atoms with Crippen LogP contribution in [-0.4, -0.2) is 72.4 Å². The molecule has 2 aromatic heterocycles.